The first-order valence-electron chi connectivity index (χ1n) is 11.6. The van der Waals surface area contributed by atoms with E-state index < -0.39 is 16.1 Å². The molecule has 9 heteroatoms. The Balaban J connectivity index is 1.43. The van der Waals surface area contributed by atoms with Crippen molar-refractivity contribution in [2.45, 2.75) is 43.7 Å². The summed E-state index contributed by atoms with van der Waals surface area (Å²) < 4.78 is 27.4. The highest BCUT2D eigenvalue weighted by Gasteiger charge is 2.33. The normalized spacial score (nSPS) is 19.3. The topological polar surface area (TPSA) is 106 Å². The zero-order valence-electron chi connectivity index (χ0n) is 19.3. The van der Waals surface area contributed by atoms with Crippen LogP contribution in [0.5, 0.6) is 0 Å². The standard InChI is InChI=1S/C25H29N5O3S/c1-2-3-7-22(27-24-21-6-4-5-8-23(21)34(32,33)28-24)25(31)30-15-13-29(14-16-30)18-20-11-9-19(17-26)10-12-20/h4-6,8-12,22H,2-3,7,13-16,18H2,1H3,(H,27,28). The predicted molar refractivity (Wildman–Crippen MR) is 130 cm³/mol. The molecule has 2 heterocycles. The van der Waals surface area contributed by atoms with E-state index in [2.05, 4.69) is 27.6 Å². The van der Waals surface area contributed by atoms with Gasteiger partial charge in [0.15, 0.2) is 0 Å². The average Bonchev–Trinajstić information content (AvgIpc) is 3.12. The molecule has 0 saturated carbocycles. The Morgan fingerprint density at radius 2 is 1.82 bits per heavy atom. The van der Waals surface area contributed by atoms with Crippen LogP contribution in [0, 0.1) is 11.3 Å². The van der Waals surface area contributed by atoms with Gasteiger partial charge in [-0.05, 0) is 36.2 Å². The molecule has 2 aliphatic rings. The Morgan fingerprint density at radius 3 is 2.50 bits per heavy atom. The Morgan fingerprint density at radius 1 is 1.12 bits per heavy atom. The second kappa shape index (κ2) is 10.4. The van der Waals surface area contributed by atoms with Gasteiger partial charge < -0.3 is 4.90 Å². The number of piperazine rings is 1. The molecule has 0 aromatic heterocycles. The van der Waals surface area contributed by atoms with Gasteiger partial charge in [0.05, 0.1) is 16.5 Å². The number of carbonyl (C=O) groups is 1. The van der Waals surface area contributed by atoms with Crippen molar-refractivity contribution in [1.29, 1.82) is 5.26 Å². The molecular formula is C25H29N5O3S. The molecule has 0 aliphatic carbocycles. The molecule has 4 rings (SSSR count). The molecule has 1 unspecified atom stereocenters. The zero-order valence-corrected chi connectivity index (χ0v) is 20.1. The first-order chi connectivity index (χ1) is 16.4. The van der Waals surface area contributed by atoms with Gasteiger partial charge in [-0.1, -0.05) is 44.0 Å². The third-order valence-electron chi connectivity index (χ3n) is 6.24. The quantitative estimate of drug-likeness (QED) is 0.657. The number of hydrogen-bond donors (Lipinski definition) is 1. The summed E-state index contributed by atoms with van der Waals surface area (Å²) in [6, 6.07) is 15.8. The lowest BCUT2D eigenvalue weighted by Gasteiger charge is -2.36. The minimum absolute atomic E-state index is 0.0532. The van der Waals surface area contributed by atoms with Crippen molar-refractivity contribution in [3.05, 3.63) is 65.2 Å². The fraction of sp³-hybridized carbons (Fsp3) is 0.400. The van der Waals surface area contributed by atoms with E-state index in [-0.39, 0.29) is 16.6 Å². The highest BCUT2D eigenvalue weighted by Crippen LogP contribution is 2.24. The number of nitrogens with one attached hydrogen (secondary N) is 1. The SMILES string of the molecule is CCCCC(N=C1NS(=O)(=O)c2ccccc21)C(=O)N1CCN(Cc2ccc(C#N)cc2)CC1. The van der Waals surface area contributed by atoms with Crippen LogP contribution >= 0.6 is 0 Å². The Kier molecular flexibility index (Phi) is 7.29. The maximum absolute atomic E-state index is 13.4. The van der Waals surface area contributed by atoms with Gasteiger partial charge in [-0.25, -0.2) is 8.42 Å². The molecular weight excluding hydrogens is 450 g/mol. The van der Waals surface area contributed by atoms with Crippen LogP contribution < -0.4 is 4.72 Å². The summed E-state index contributed by atoms with van der Waals surface area (Å²) in [6.07, 6.45) is 2.34. The summed E-state index contributed by atoms with van der Waals surface area (Å²) in [5.74, 6) is 0.201. The van der Waals surface area contributed by atoms with Crippen LogP contribution in [0.4, 0.5) is 0 Å². The lowest BCUT2D eigenvalue weighted by atomic mass is 10.1. The molecule has 2 aliphatic heterocycles. The molecule has 1 fully saturated rings. The Hall–Kier alpha value is -3.22. The van der Waals surface area contributed by atoms with Crippen LogP contribution in [0.15, 0.2) is 58.4 Å². The maximum Gasteiger partial charge on any atom is 0.263 e. The Bertz CT molecular complexity index is 1210. The number of sulfonamides is 1. The number of amides is 1. The van der Waals surface area contributed by atoms with Crippen molar-refractivity contribution in [3.8, 4) is 6.07 Å². The monoisotopic (exact) mass is 479 g/mol. The number of carbonyl (C=O) groups excluding carboxylic acids is 1. The van der Waals surface area contributed by atoms with Gasteiger partial charge in [-0.2, -0.15) is 5.26 Å². The molecule has 1 atom stereocenters. The average molecular weight is 480 g/mol. The predicted octanol–water partition coefficient (Wildman–Crippen LogP) is 2.50. The van der Waals surface area contributed by atoms with Gasteiger partial charge in [0, 0.05) is 38.3 Å². The van der Waals surface area contributed by atoms with E-state index in [0.717, 1.165) is 38.0 Å². The van der Waals surface area contributed by atoms with Crippen LogP contribution in [0.2, 0.25) is 0 Å². The molecule has 0 radical (unpaired) electrons. The minimum atomic E-state index is -3.64. The van der Waals surface area contributed by atoms with Gasteiger partial charge in [-0.15, -0.1) is 0 Å². The van der Waals surface area contributed by atoms with Crippen LogP contribution in [-0.2, 0) is 21.4 Å². The lowest BCUT2D eigenvalue weighted by molar-refractivity contribution is -0.134. The van der Waals surface area contributed by atoms with Crippen molar-refractivity contribution in [1.82, 2.24) is 14.5 Å². The first kappa shape index (κ1) is 23.9. The molecule has 34 heavy (non-hydrogen) atoms. The second-order valence-corrected chi connectivity index (χ2v) is 10.3. The fourth-order valence-electron chi connectivity index (χ4n) is 4.31. The van der Waals surface area contributed by atoms with Crippen LogP contribution in [-0.4, -0.2) is 62.2 Å². The van der Waals surface area contributed by atoms with Gasteiger partial charge in [0.1, 0.15) is 11.9 Å². The molecule has 1 N–H and O–H groups in total. The van der Waals surface area contributed by atoms with Crippen molar-refractivity contribution >= 4 is 21.8 Å². The summed E-state index contributed by atoms with van der Waals surface area (Å²) in [7, 11) is -3.64. The molecule has 2 aromatic carbocycles. The number of nitrogens with zero attached hydrogens (tertiary/aromatic N) is 4. The Labute approximate surface area is 201 Å². The van der Waals surface area contributed by atoms with Gasteiger partial charge in [-0.3, -0.25) is 19.4 Å². The molecule has 0 spiro atoms. The molecule has 1 saturated heterocycles. The fourth-order valence-corrected chi connectivity index (χ4v) is 5.55. The minimum Gasteiger partial charge on any atom is -0.338 e. The zero-order chi connectivity index (χ0) is 24.1. The number of amidine groups is 1. The second-order valence-electron chi connectivity index (χ2n) is 8.65. The van der Waals surface area contributed by atoms with Crippen molar-refractivity contribution in [3.63, 3.8) is 0 Å². The summed E-state index contributed by atoms with van der Waals surface area (Å²) in [4.78, 5) is 22.4. The molecule has 8 nitrogen and oxygen atoms in total. The summed E-state index contributed by atoms with van der Waals surface area (Å²) in [6.45, 7) is 5.53. The van der Waals surface area contributed by atoms with E-state index in [4.69, 9.17) is 5.26 Å². The number of rotatable bonds is 7. The van der Waals surface area contributed by atoms with E-state index in [0.29, 0.717) is 30.6 Å². The third-order valence-corrected chi connectivity index (χ3v) is 7.63. The van der Waals surface area contributed by atoms with E-state index >= 15 is 0 Å². The number of hydrogen-bond acceptors (Lipinski definition) is 6. The number of aliphatic imine (C=N–C) groups is 1. The van der Waals surface area contributed by atoms with E-state index in [1.807, 2.05) is 29.2 Å². The first-order valence-corrected chi connectivity index (χ1v) is 13.1. The smallest absolute Gasteiger partial charge is 0.263 e. The lowest BCUT2D eigenvalue weighted by Crippen LogP contribution is -2.51. The van der Waals surface area contributed by atoms with Crippen LogP contribution in [0.25, 0.3) is 0 Å². The number of unbranched alkanes of at least 4 members (excludes halogenated alkanes) is 1. The van der Waals surface area contributed by atoms with Gasteiger partial charge in [0.25, 0.3) is 10.0 Å². The number of nitriles is 1. The van der Waals surface area contributed by atoms with E-state index in [9.17, 15) is 13.2 Å². The summed E-state index contributed by atoms with van der Waals surface area (Å²) in [5, 5.41) is 8.95. The van der Waals surface area contributed by atoms with E-state index in [1.165, 1.54) is 0 Å². The molecule has 0 bridgehead atoms. The number of fused-ring (bicyclic) bond motifs is 1. The highest BCUT2D eigenvalue weighted by atomic mass is 32.2. The molecule has 178 valence electrons. The van der Waals surface area contributed by atoms with E-state index in [1.54, 1.807) is 24.3 Å². The van der Waals surface area contributed by atoms with Crippen LogP contribution in [0.1, 0.15) is 42.9 Å². The maximum atomic E-state index is 13.4. The van der Waals surface area contributed by atoms with Crippen molar-refractivity contribution in [2.75, 3.05) is 26.2 Å². The highest BCUT2D eigenvalue weighted by molar-refractivity contribution is 7.90. The third kappa shape index (κ3) is 5.29. The van der Waals surface area contributed by atoms with Crippen LogP contribution in [0.3, 0.4) is 0 Å². The molecule has 2 aromatic rings. The van der Waals surface area contributed by atoms with Gasteiger partial charge in [0.2, 0.25) is 5.91 Å². The van der Waals surface area contributed by atoms with Crippen molar-refractivity contribution in [2.24, 2.45) is 4.99 Å². The molecule has 1 amide bonds. The largest absolute Gasteiger partial charge is 0.338 e. The summed E-state index contributed by atoms with van der Waals surface area (Å²) >= 11 is 0. The van der Waals surface area contributed by atoms with Crippen molar-refractivity contribution < 1.29 is 13.2 Å². The number of benzene rings is 2. The van der Waals surface area contributed by atoms with Gasteiger partial charge >= 0.3 is 0 Å². The summed E-state index contributed by atoms with van der Waals surface area (Å²) in [5.41, 5.74) is 2.30.